The van der Waals surface area contributed by atoms with Crippen molar-refractivity contribution < 1.29 is 14.4 Å². The molecule has 2 amide bonds. The van der Waals surface area contributed by atoms with Crippen molar-refractivity contribution in [1.82, 2.24) is 10.2 Å². The molecule has 1 heterocycles. The molecule has 0 radical (unpaired) electrons. The van der Waals surface area contributed by atoms with Crippen LogP contribution in [0.2, 0.25) is 0 Å². The molecule has 1 fully saturated rings. The van der Waals surface area contributed by atoms with Crippen LogP contribution in [0.5, 0.6) is 0 Å². The van der Waals surface area contributed by atoms with E-state index in [2.05, 4.69) is 5.32 Å². The van der Waals surface area contributed by atoms with Gasteiger partial charge in [-0.05, 0) is 12.8 Å². The maximum Gasteiger partial charge on any atom is 0.243 e. The van der Waals surface area contributed by atoms with Crippen LogP contribution < -0.4 is 5.32 Å². The summed E-state index contributed by atoms with van der Waals surface area (Å²) < 4.78 is 0. The molecule has 21 heavy (non-hydrogen) atoms. The molecule has 0 saturated carbocycles. The Bertz CT molecular complexity index is 542. The van der Waals surface area contributed by atoms with E-state index in [4.69, 9.17) is 0 Å². The van der Waals surface area contributed by atoms with Gasteiger partial charge < -0.3 is 0 Å². The molecule has 2 atom stereocenters. The highest BCUT2D eigenvalue weighted by molar-refractivity contribution is 6.04. The average molecular weight is 288 g/mol. The monoisotopic (exact) mass is 288 g/mol. The summed E-state index contributed by atoms with van der Waals surface area (Å²) in [6.45, 7) is 3.86. The van der Waals surface area contributed by atoms with Gasteiger partial charge in [-0.15, -0.1) is 0 Å². The summed E-state index contributed by atoms with van der Waals surface area (Å²) >= 11 is 0. The Morgan fingerprint density at radius 1 is 1.29 bits per heavy atom. The van der Waals surface area contributed by atoms with Gasteiger partial charge in [0.2, 0.25) is 11.8 Å². The number of nitrogens with one attached hydrogen (secondary N) is 1. The quantitative estimate of drug-likeness (QED) is 0.656. The summed E-state index contributed by atoms with van der Waals surface area (Å²) in [7, 11) is 0. The van der Waals surface area contributed by atoms with Crippen molar-refractivity contribution in [3.05, 3.63) is 35.9 Å². The SMILES string of the molecule is CCC1C(=O)NC(=O)CN1C(CC)C(=O)c1ccccc1. The van der Waals surface area contributed by atoms with Gasteiger partial charge in [-0.1, -0.05) is 44.2 Å². The number of hydrogen-bond donors (Lipinski definition) is 1. The Labute approximate surface area is 124 Å². The first-order valence-corrected chi connectivity index (χ1v) is 7.27. The van der Waals surface area contributed by atoms with Crippen molar-refractivity contribution in [3.8, 4) is 0 Å². The Morgan fingerprint density at radius 2 is 1.95 bits per heavy atom. The molecule has 0 aromatic heterocycles. The van der Waals surface area contributed by atoms with Crippen molar-refractivity contribution in [1.29, 1.82) is 0 Å². The predicted molar refractivity (Wildman–Crippen MR) is 78.8 cm³/mol. The molecule has 0 aliphatic carbocycles. The molecule has 1 saturated heterocycles. The molecular weight excluding hydrogens is 268 g/mol. The van der Waals surface area contributed by atoms with E-state index >= 15 is 0 Å². The summed E-state index contributed by atoms with van der Waals surface area (Å²) in [5.74, 6) is -0.698. The van der Waals surface area contributed by atoms with Gasteiger partial charge >= 0.3 is 0 Å². The molecule has 1 N–H and O–H groups in total. The normalized spacial score (nSPS) is 21.0. The number of Topliss-reactive ketones (excluding diaryl/α,β-unsaturated/α-hetero) is 1. The lowest BCUT2D eigenvalue weighted by Crippen LogP contribution is -2.62. The zero-order valence-corrected chi connectivity index (χ0v) is 12.3. The fraction of sp³-hybridized carbons (Fsp3) is 0.438. The van der Waals surface area contributed by atoms with Crippen molar-refractivity contribution in [2.45, 2.75) is 38.8 Å². The van der Waals surface area contributed by atoms with Crippen molar-refractivity contribution >= 4 is 17.6 Å². The molecule has 112 valence electrons. The molecular formula is C16H20N2O3. The number of carbonyl (C=O) groups excluding carboxylic acids is 3. The van der Waals surface area contributed by atoms with Crippen molar-refractivity contribution in [3.63, 3.8) is 0 Å². The number of hydrogen-bond acceptors (Lipinski definition) is 4. The van der Waals surface area contributed by atoms with E-state index in [1.165, 1.54) is 0 Å². The fourth-order valence-corrected chi connectivity index (χ4v) is 2.80. The van der Waals surface area contributed by atoms with Crippen LogP contribution in [0.4, 0.5) is 0 Å². The average Bonchev–Trinajstić information content (AvgIpc) is 2.48. The van der Waals surface area contributed by atoms with Gasteiger partial charge in [0.05, 0.1) is 18.6 Å². The minimum Gasteiger partial charge on any atom is -0.294 e. The van der Waals surface area contributed by atoms with Crippen molar-refractivity contribution in [2.24, 2.45) is 0 Å². The first-order chi connectivity index (χ1) is 10.1. The zero-order chi connectivity index (χ0) is 15.4. The number of imide groups is 1. The van der Waals surface area contributed by atoms with Crippen LogP contribution in [-0.4, -0.2) is 41.1 Å². The molecule has 1 aromatic rings. The predicted octanol–water partition coefficient (Wildman–Crippen LogP) is 1.38. The summed E-state index contributed by atoms with van der Waals surface area (Å²) in [6, 6.07) is 8.11. The Kier molecular flexibility index (Phi) is 4.85. The van der Waals surface area contributed by atoms with Crippen LogP contribution in [0.15, 0.2) is 30.3 Å². The minimum atomic E-state index is -0.452. The molecule has 2 unspecified atom stereocenters. The van der Waals surface area contributed by atoms with Crippen LogP contribution >= 0.6 is 0 Å². The van der Waals surface area contributed by atoms with Gasteiger partial charge in [0.1, 0.15) is 0 Å². The number of nitrogens with zero attached hydrogens (tertiary/aromatic N) is 1. The van der Waals surface area contributed by atoms with Crippen LogP contribution in [0.1, 0.15) is 37.0 Å². The van der Waals surface area contributed by atoms with Crippen LogP contribution in [-0.2, 0) is 9.59 Å². The highest BCUT2D eigenvalue weighted by Gasteiger charge is 2.38. The largest absolute Gasteiger partial charge is 0.294 e. The summed E-state index contributed by atoms with van der Waals surface area (Å²) in [6.07, 6.45) is 1.13. The lowest BCUT2D eigenvalue weighted by Gasteiger charge is -2.38. The van der Waals surface area contributed by atoms with Crippen LogP contribution in [0.3, 0.4) is 0 Å². The fourth-order valence-electron chi connectivity index (χ4n) is 2.80. The second-order valence-electron chi connectivity index (χ2n) is 5.16. The molecule has 0 spiro atoms. The van der Waals surface area contributed by atoms with Crippen LogP contribution in [0.25, 0.3) is 0 Å². The number of amides is 2. The minimum absolute atomic E-state index is 0.0425. The lowest BCUT2D eigenvalue weighted by atomic mass is 9.97. The first-order valence-electron chi connectivity index (χ1n) is 7.27. The highest BCUT2D eigenvalue weighted by atomic mass is 16.2. The maximum absolute atomic E-state index is 12.7. The third kappa shape index (κ3) is 3.19. The summed E-state index contributed by atoms with van der Waals surface area (Å²) in [4.78, 5) is 38.0. The number of benzene rings is 1. The molecule has 1 aliphatic rings. The molecule has 2 rings (SSSR count). The van der Waals surface area contributed by atoms with Gasteiger partial charge in [-0.25, -0.2) is 0 Å². The second-order valence-corrected chi connectivity index (χ2v) is 5.16. The van der Waals surface area contributed by atoms with Gasteiger partial charge in [-0.3, -0.25) is 24.6 Å². The standard InChI is InChI=1S/C16H20N2O3/c1-3-12(15(20)11-8-6-5-7-9-11)18-10-14(19)17-16(21)13(18)4-2/h5-9,12-13H,3-4,10H2,1-2H3,(H,17,19,21). The highest BCUT2D eigenvalue weighted by Crippen LogP contribution is 2.19. The number of piperazine rings is 1. The smallest absolute Gasteiger partial charge is 0.243 e. The Balaban J connectivity index is 2.28. The van der Waals surface area contributed by atoms with Crippen molar-refractivity contribution in [2.75, 3.05) is 6.54 Å². The van der Waals surface area contributed by atoms with E-state index in [-0.39, 0.29) is 24.1 Å². The second kappa shape index (κ2) is 6.63. The third-order valence-electron chi connectivity index (χ3n) is 3.83. The lowest BCUT2D eigenvalue weighted by molar-refractivity contribution is -0.141. The molecule has 5 nitrogen and oxygen atoms in total. The van der Waals surface area contributed by atoms with E-state index in [0.29, 0.717) is 18.4 Å². The molecule has 1 aliphatic heterocycles. The Hall–Kier alpha value is -2.01. The van der Waals surface area contributed by atoms with E-state index in [1.807, 2.05) is 32.0 Å². The zero-order valence-electron chi connectivity index (χ0n) is 12.3. The van der Waals surface area contributed by atoms with Gasteiger partial charge in [0, 0.05) is 5.56 Å². The summed E-state index contributed by atoms with van der Waals surface area (Å²) in [5.41, 5.74) is 0.609. The van der Waals surface area contributed by atoms with Gasteiger partial charge in [0.25, 0.3) is 0 Å². The van der Waals surface area contributed by atoms with E-state index in [0.717, 1.165) is 0 Å². The van der Waals surface area contributed by atoms with Gasteiger partial charge in [0.15, 0.2) is 5.78 Å². The summed E-state index contributed by atoms with van der Waals surface area (Å²) in [5, 5.41) is 2.34. The molecule has 0 bridgehead atoms. The van der Waals surface area contributed by atoms with E-state index < -0.39 is 12.1 Å². The topological polar surface area (TPSA) is 66.5 Å². The van der Waals surface area contributed by atoms with Crippen LogP contribution in [0, 0.1) is 0 Å². The molecule has 5 heteroatoms. The first kappa shape index (κ1) is 15.4. The third-order valence-corrected chi connectivity index (χ3v) is 3.83. The Morgan fingerprint density at radius 3 is 2.52 bits per heavy atom. The number of carbonyl (C=O) groups is 3. The van der Waals surface area contributed by atoms with E-state index in [1.54, 1.807) is 17.0 Å². The molecule has 1 aromatic carbocycles. The number of ketones is 1. The maximum atomic E-state index is 12.7. The number of rotatable bonds is 5. The van der Waals surface area contributed by atoms with Gasteiger partial charge in [-0.2, -0.15) is 0 Å². The van der Waals surface area contributed by atoms with E-state index in [9.17, 15) is 14.4 Å².